The second-order valence-electron chi connectivity index (χ2n) is 8.50. The average molecular weight is 447 g/mol. The number of aryl methyl sites for hydroxylation is 2. The van der Waals surface area contributed by atoms with Gasteiger partial charge in [-0.1, -0.05) is 25.1 Å². The SMILES string of the molecule is CCc1cccnc1CN(Cc1ncccc1C)C1CCN(C(=O)Nc2ccccn2)CC1.[HH]. The van der Waals surface area contributed by atoms with E-state index in [4.69, 9.17) is 4.98 Å². The van der Waals surface area contributed by atoms with E-state index in [-0.39, 0.29) is 7.46 Å². The van der Waals surface area contributed by atoms with Crippen LogP contribution in [0.3, 0.4) is 0 Å². The summed E-state index contributed by atoms with van der Waals surface area (Å²) in [7, 11) is 0. The molecule has 1 N–H and O–H groups in total. The van der Waals surface area contributed by atoms with Gasteiger partial charge in [-0.3, -0.25) is 20.2 Å². The fourth-order valence-corrected chi connectivity index (χ4v) is 4.38. The molecule has 1 saturated heterocycles. The van der Waals surface area contributed by atoms with Crippen LogP contribution < -0.4 is 5.32 Å². The summed E-state index contributed by atoms with van der Waals surface area (Å²) in [6.45, 7) is 7.27. The Morgan fingerprint density at radius 3 is 2.39 bits per heavy atom. The first kappa shape index (κ1) is 22.9. The van der Waals surface area contributed by atoms with E-state index >= 15 is 0 Å². The zero-order valence-electron chi connectivity index (χ0n) is 19.4. The Bertz CT molecular complexity index is 1060. The Morgan fingerprint density at radius 2 is 1.70 bits per heavy atom. The molecule has 4 heterocycles. The number of anilines is 1. The van der Waals surface area contributed by atoms with Crippen molar-refractivity contribution in [3.8, 4) is 0 Å². The largest absolute Gasteiger partial charge is 0.324 e. The Hall–Kier alpha value is -3.32. The first-order chi connectivity index (χ1) is 16.1. The number of hydrogen-bond acceptors (Lipinski definition) is 5. The summed E-state index contributed by atoms with van der Waals surface area (Å²) in [5, 5.41) is 2.90. The zero-order chi connectivity index (χ0) is 23.0. The number of nitrogens with one attached hydrogen (secondary N) is 1. The van der Waals surface area contributed by atoms with Crippen molar-refractivity contribution in [2.75, 3.05) is 18.4 Å². The van der Waals surface area contributed by atoms with E-state index in [1.165, 1.54) is 11.1 Å². The van der Waals surface area contributed by atoms with Crippen LogP contribution in [0.4, 0.5) is 10.6 Å². The van der Waals surface area contributed by atoms with E-state index in [1.807, 2.05) is 41.6 Å². The number of amides is 2. The van der Waals surface area contributed by atoms with Crippen molar-refractivity contribution in [3.05, 3.63) is 83.6 Å². The van der Waals surface area contributed by atoms with E-state index in [0.29, 0.717) is 24.9 Å². The van der Waals surface area contributed by atoms with Crippen LogP contribution in [0, 0.1) is 6.92 Å². The molecule has 7 heteroatoms. The van der Waals surface area contributed by atoms with E-state index in [0.717, 1.165) is 43.7 Å². The molecule has 0 saturated carbocycles. The monoisotopic (exact) mass is 446 g/mol. The van der Waals surface area contributed by atoms with Crippen LogP contribution >= 0.6 is 0 Å². The van der Waals surface area contributed by atoms with Gasteiger partial charge in [0, 0.05) is 52.2 Å². The van der Waals surface area contributed by atoms with Gasteiger partial charge in [-0.05, 0) is 61.6 Å². The lowest BCUT2D eigenvalue weighted by Crippen LogP contribution is -2.47. The molecule has 0 aliphatic carbocycles. The normalized spacial score (nSPS) is 14.5. The van der Waals surface area contributed by atoms with Crippen molar-refractivity contribution in [3.63, 3.8) is 0 Å². The quantitative estimate of drug-likeness (QED) is 0.570. The zero-order valence-corrected chi connectivity index (χ0v) is 19.4. The van der Waals surface area contributed by atoms with Crippen LogP contribution in [0.2, 0.25) is 0 Å². The van der Waals surface area contributed by atoms with E-state index in [1.54, 1.807) is 12.3 Å². The molecule has 0 spiro atoms. The number of carbonyl (C=O) groups excluding carboxylic acids is 1. The highest BCUT2D eigenvalue weighted by Crippen LogP contribution is 2.23. The number of piperidine rings is 1. The van der Waals surface area contributed by atoms with Crippen molar-refractivity contribution in [1.82, 2.24) is 24.8 Å². The van der Waals surface area contributed by atoms with Crippen LogP contribution in [0.1, 0.15) is 43.7 Å². The Balaban J connectivity index is 0.00000324. The van der Waals surface area contributed by atoms with Crippen molar-refractivity contribution in [1.29, 1.82) is 0 Å². The van der Waals surface area contributed by atoms with Gasteiger partial charge in [-0.2, -0.15) is 0 Å². The van der Waals surface area contributed by atoms with E-state index < -0.39 is 0 Å². The molecule has 3 aromatic heterocycles. The molecule has 0 atom stereocenters. The van der Waals surface area contributed by atoms with Crippen LogP contribution in [0.5, 0.6) is 0 Å². The van der Waals surface area contributed by atoms with Crippen LogP contribution in [-0.4, -0.2) is 49.9 Å². The number of likely N-dealkylation sites (tertiary alicyclic amines) is 1. The highest BCUT2D eigenvalue weighted by Gasteiger charge is 2.28. The van der Waals surface area contributed by atoms with Crippen molar-refractivity contribution in [2.24, 2.45) is 0 Å². The molecule has 0 radical (unpaired) electrons. The number of pyridine rings is 3. The average Bonchev–Trinajstić information content (AvgIpc) is 2.86. The summed E-state index contributed by atoms with van der Waals surface area (Å²) < 4.78 is 0. The molecule has 2 amide bonds. The van der Waals surface area contributed by atoms with Gasteiger partial charge in [0.2, 0.25) is 0 Å². The van der Waals surface area contributed by atoms with Gasteiger partial charge in [0.15, 0.2) is 0 Å². The number of rotatable bonds is 7. The molecule has 4 rings (SSSR count). The predicted molar refractivity (Wildman–Crippen MR) is 132 cm³/mol. The summed E-state index contributed by atoms with van der Waals surface area (Å²) >= 11 is 0. The molecule has 33 heavy (non-hydrogen) atoms. The lowest BCUT2D eigenvalue weighted by Gasteiger charge is -2.38. The maximum atomic E-state index is 12.7. The molecular formula is C26H34N6O. The van der Waals surface area contributed by atoms with Crippen LogP contribution in [-0.2, 0) is 19.5 Å². The first-order valence-electron chi connectivity index (χ1n) is 11.7. The standard InChI is InChI=1S/C26H32N6O.H2/c1-3-21-9-7-15-28-24(21)19-32(18-23-20(2)8-6-14-27-23)22-11-16-31(17-12-22)26(33)30-25-10-4-5-13-29-25;/h4-10,13-15,22H,3,11-12,16-19H2,1-2H3,(H,29,30,33);1H. The number of carbonyl (C=O) groups is 1. The fourth-order valence-electron chi connectivity index (χ4n) is 4.38. The second-order valence-corrected chi connectivity index (χ2v) is 8.50. The maximum absolute atomic E-state index is 12.7. The number of nitrogens with zero attached hydrogens (tertiary/aromatic N) is 5. The van der Waals surface area contributed by atoms with E-state index in [2.05, 4.69) is 46.2 Å². The molecule has 7 nitrogen and oxygen atoms in total. The highest BCUT2D eigenvalue weighted by atomic mass is 16.2. The topological polar surface area (TPSA) is 74.2 Å². The summed E-state index contributed by atoms with van der Waals surface area (Å²) in [5.74, 6) is 0.583. The highest BCUT2D eigenvalue weighted by molar-refractivity contribution is 5.88. The summed E-state index contributed by atoms with van der Waals surface area (Å²) in [6.07, 6.45) is 8.21. The maximum Gasteiger partial charge on any atom is 0.323 e. The third kappa shape index (κ3) is 5.93. The third-order valence-corrected chi connectivity index (χ3v) is 6.36. The second kappa shape index (κ2) is 11.0. The first-order valence-corrected chi connectivity index (χ1v) is 11.7. The molecule has 0 unspecified atom stereocenters. The minimum absolute atomic E-state index is 0. The van der Waals surface area contributed by atoms with Gasteiger partial charge in [-0.15, -0.1) is 0 Å². The summed E-state index contributed by atoms with van der Waals surface area (Å²) in [6, 6.07) is 14.1. The number of hydrogen-bond donors (Lipinski definition) is 1. The van der Waals surface area contributed by atoms with Crippen molar-refractivity contribution in [2.45, 2.75) is 52.2 Å². The van der Waals surface area contributed by atoms with Crippen molar-refractivity contribution < 1.29 is 6.22 Å². The summed E-state index contributed by atoms with van der Waals surface area (Å²) in [5.41, 5.74) is 4.71. The molecule has 0 aromatic carbocycles. The van der Waals surface area contributed by atoms with Crippen molar-refractivity contribution >= 4 is 11.8 Å². The van der Waals surface area contributed by atoms with Gasteiger partial charge in [-0.25, -0.2) is 9.78 Å². The van der Waals surface area contributed by atoms with Gasteiger partial charge in [0.25, 0.3) is 0 Å². The van der Waals surface area contributed by atoms with E-state index in [9.17, 15) is 4.79 Å². The van der Waals surface area contributed by atoms with Gasteiger partial charge in [0.1, 0.15) is 5.82 Å². The Kier molecular flexibility index (Phi) is 7.62. The van der Waals surface area contributed by atoms with Crippen LogP contribution in [0.15, 0.2) is 61.1 Å². The molecule has 1 aliphatic rings. The molecule has 1 aliphatic heterocycles. The van der Waals surface area contributed by atoms with Gasteiger partial charge >= 0.3 is 6.03 Å². The Morgan fingerprint density at radius 1 is 1.00 bits per heavy atom. The lowest BCUT2D eigenvalue weighted by molar-refractivity contribution is 0.107. The fraction of sp³-hybridized carbons (Fsp3) is 0.385. The molecule has 174 valence electrons. The molecular weight excluding hydrogens is 412 g/mol. The van der Waals surface area contributed by atoms with Gasteiger partial charge < -0.3 is 4.90 Å². The predicted octanol–water partition coefficient (Wildman–Crippen LogP) is 4.69. The minimum atomic E-state index is -0.0859. The molecule has 3 aromatic rings. The van der Waals surface area contributed by atoms with Gasteiger partial charge in [0.05, 0.1) is 11.4 Å². The third-order valence-electron chi connectivity index (χ3n) is 6.36. The number of urea groups is 1. The lowest BCUT2D eigenvalue weighted by atomic mass is 10.0. The Labute approximate surface area is 197 Å². The minimum Gasteiger partial charge on any atom is -0.324 e. The van der Waals surface area contributed by atoms with Crippen LogP contribution in [0.25, 0.3) is 0 Å². The molecule has 0 bridgehead atoms. The smallest absolute Gasteiger partial charge is 0.323 e. The molecule has 1 fully saturated rings. The summed E-state index contributed by atoms with van der Waals surface area (Å²) in [4.78, 5) is 30.6. The number of aromatic nitrogens is 3.